The number of ketones is 2. The molecule has 0 spiro atoms. The Morgan fingerprint density at radius 1 is 0.353 bits per heavy atom. The molecule has 15 heteroatoms. The van der Waals surface area contributed by atoms with Crippen molar-refractivity contribution in [3.63, 3.8) is 0 Å². The van der Waals surface area contributed by atoms with E-state index >= 15 is 0 Å². The minimum absolute atomic E-state index is 0. The number of aliphatic hydroxyl groups excluding tert-OH is 2. The van der Waals surface area contributed by atoms with Gasteiger partial charge in [-0.25, -0.2) is 29.9 Å². The fourth-order valence-corrected chi connectivity index (χ4v) is 15.5. The first-order valence-corrected chi connectivity index (χ1v) is 39.4. The molecule has 10 aromatic carbocycles. The molecule has 590 valence electrons. The molecule has 1 aliphatic rings. The average Bonchev–Trinajstić information content (AvgIpc) is 1.56. The van der Waals surface area contributed by atoms with Gasteiger partial charge in [-0.15, -0.1) is 53.1 Å². The number of carbonyl (C=O) groups excluding carboxylic acids is 2. The van der Waals surface area contributed by atoms with Gasteiger partial charge in [0.15, 0.2) is 34.9 Å². The Morgan fingerprint density at radius 2 is 0.681 bits per heavy atom. The standard InChI is InChI=1S/C47H43N4.C44H37N4S.2C5H8O2.2Ir/c1-45(2,3)32-22-17-29(18-23-32)42-49-43(30-19-24-33(25-20-30)46(4,5)6)51-44(50-42)38-28-48-41(37-15-10-9-13-34(37)38)31-21-26-36-35-14-11-12-16-39(35)47(7,8)40(36)27-31;1-43(2,3)30-20-15-27(16-21-30)40-46-41(28-17-22-31(23-18-28)44(4,5)6)48-42(47-40)36-26-45-39(35-13-8-7-11-32(35)36)29-19-24-34-33-12-9-10-14-37(33)49-38(34)25-29;2*1-4(6)3-5(2)7;;/h9-20,22-28H,1-8H3;7-18,20-26H,1-6H3;2*3,6H,1-2H3;;/q2*-1;;;;/p+2. The molecular formula is C101H98Ir2N8O4S. The molecule has 0 atom stereocenters. The Bertz CT molecular complexity index is 6030. The van der Waals surface area contributed by atoms with E-state index < -0.39 is 0 Å². The van der Waals surface area contributed by atoms with E-state index in [-0.39, 0.29) is 90.4 Å². The number of benzene rings is 10. The predicted octanol–water partition coefficient (Wildman–Crippen LogP) is 25.7. The fourth-order valence-electron chi connectivity index (χ4n) is 14.3. The molecule has 1 aliphatic carbocycles. The second kappa shape index (κ2) is 34.8. The van der Waals surface area contributed by atoms with Gasteiger partial charge in [-0.2, -0.15) is 11.3 Å². The summed E-state index contributed by atoms with van der Waals surface area (Å²) in [7, 11) is 0. The van der Waals surface area contributed by atoms with Gasteiger partial charge in [0.25, 0.3) is 0 Å². The maximum atomic E-state index is 8.40. The average molecular weight is 1900 g/mol. The Hall–Kier alpha value is -11.0. The molecular weight excluding hydrogens is 1810 g/mol. The summed E-state index contributed by atoms with van der Waals surface area (Å²) in [6.45, 7) is 37.3. The van der Waals surface area contributed by atoms with Crippen LogP contribution < -0.4 is 0 Å². The van der Waals surface area contributed by atoms with Crippen LogP contribution in [-0.2, 0) is 67.3 Å². The quantitative estimate of drug-likeness (QED) is 0.0577. The molecule has 0 unspecified atom stereocenters. The van der Waals surface area contributed by atoms with Crippen molar-refractivity contribution in [2.24, 2.45) is 0 Å². The summed E-state index contributed by atoms with van der Waals surface area (Å²) in [6.07, 6.45) is 6.39. The third-order valence-electron chi connectivity index (χ3n) is 20.5. The summed E-state index contributed by atoms with van der Waals surface area (Å²) >= 11 is 1.80. The van der Waals surface area contributed by atoms with Crippen molar-refractivity contribution in [1.82, 2.24) is 39.9 Å². The molecule has 116 heavy (non-hydrogen) atoms. The monoisotopic (exact) mass is 1900 g/mol. The zero-order valence-electron chi connectivity index (χ0n) is 69.0. The number of rotatable bonds is 10. The molecule has 0 amide bonds. The van der Waals surface area contributed by atoms with E-state index in [0.29, 0.717) is 34.9 Å². The van der Waals surface area contributed by atoms with Crippen LogP contribution in [0.4, 0.5) is 0 Å². The summed E-state index contributed by atoms with van der Waals surface area (Å²) in [6, 6.07) is 84.3. The molecule has 0 fully saturated rings. The maximum absolute atomic E-state index is 8.40. The largest absolute Gasteiger partial charge is 0.512 e. The summed E-state index contributed by atoms with van der Waals surface area (Å²) in [4.78, 5) is 57.5. The van der Waals surface area contributed by atoms with Gasteiger partial charge in [-0.3, -0.25) is 9.59 Å². The van der Waals surface area contributed by atoms with Crippen molar-refractivity contribution in [3.8, 4) is 102 Å². The van der Waals surface area contributed by atoms with E-state index in [0.717, 1.165) is 77.4 Å². The summed E-state index contributed by atoms with van der Waals surface area (Å²) in [5.41, 5.74) is 19.6. The van der Waals surface area contributed by atoms with E-state index in [9.17, 15) is 0 Å². The molecule has 0 aliphatic heterocycles. The zero-order valence-corrected chi connectivity index (χ0v) is 74.6. The van der Waals surface area contributed by atoms with E-state index in [1.807, 2.05) is 12.4 Å². The molecule has 0 saturated heterocycles. The first-order valence-electron chi connectivity index (χ1n) is 38.6. The molecule has 0 bridgehead atoms. The van der Waals surface area contributed by atoms with Crippen molar-refractivity contribution < 1.29 is 60.0 Å². The fraction of sp³-hybridized carbons (Fsp3) is 0.228. The Kier molecular flexibility index (Phi) is 25.8. The van der Waals surface area contributed by atoms with Crippen molar-refractivity contribution in [1.29, 1.82) is 0 Å². The van der Waals surface area contributed by atoms with Crippen molar-refractivity contribution >= 4 is 64.6 Å². The van der Waals surface area contributed by atoms with Crippen molar-refractivity contribution in [3.05, 3.63) is 300 Å². The van der Waals surface area contributed by atoms with Gasteiger partial charge in [-0.1, -0.05) is 302 Å². The summed E-state index contributed by atoms with van der Waals surface area (Å²) < 4.78 is 2.50. The van der Waals surface area contributed by atoms with Crippen LogP contribution in [0.25, 0.3) is 144 Å². The number of hydrogen-bond donors (Lipinski definition) is 2. The number of hydrogen-bond acceptors (Lipinski definition) is 11. The van der Waals surface area contributed by atoms with Gasteiger partial charge in [0.1, 0.15) is 0 Å². The van der Waals surface area contributed by atoms with E-state index in [2.05, 4.69) is 327 Å². The first kappa shape index (κ1) is 85.9. The van der Waals surface area contributed by atoms with E-state index in [4.69, 9.17) is 59.7 Å². The van der Waals surface area contributed by atoms with Crippen molar-refractivity contribution in [2.75, 3.05) is 0 Å². The molecule has 5 heterocycles. The molecule has 2 radical (unpaired) electrons. The zero-order chi connectivity index (χ0) is 81.3. The van der Waals surface area contributed by atoms with Gasteiger partial charge in [0, 0.05) is 90.7 Å². The number of pyridine rings is 2. The molecule has 0 saturated carbocycles. The Morgan fingerprint density at radius 3 is 1.04 bits per heavy atom. The Balaban J connectivity index is 0.000000193. The van der Waals surface area contributed by atoms with Gasteiger partial charge in [-0.05, 0) is 118 Å². The Labute approximate surface area is 712 Å². The van der Waals surface area contributed by atoms with Gasteiger partial charge in [0.2, 0.25) is 0 Å². The van der Waals surface area contributed by atoms with Crippen LogP contribution in [-0.4, -0.2) is 71.2 Å². The van der Waals surface area contributed by atoms with Gasteiger partial charge in [0.05, 0.1) is 37.5 Å². The maximum Gasteiger partial charge on any atom is 0.316 e. The SMILES string of the molecule is CC(=[OH+])C=C(C)O.CC(=[OH+])C=C(C)O.CC(C)(C)c1ccc(-c2nc(-c3ccc(C(C)(C)C)cc3)nc(-c3cnc(-c4[c-]cc5c(c4)C(C)(C)c4ccccc4-5)c4ccccc34)n2)cc1.CC(C)(C)c1ccc(-c2nc(-c3ccc(C(C)(C)C)cc3)nc(-c3cnc(-c4[c-]cc5c(c4)sc4ccccc45)c4ccccc34)n2)cc1.[Ir].[Ir]. The number of allylic oxidation sites excluding steroid dienone is 4. The van der Waals surface area contributed by atoms with Gasteiger partial charge < -0.3 is 20.2 Å². The summed E-state index contributed by atoms with van der Waals surface area (Å²) in [5.74, 6) is 4.24. The number of aliphatic hydroxyl groups is 2. The van der Waals surface area contributed by atoms with Crippen LogP contribution in [0.5, 0.6) is 0 Å². The van der Waals surface area contributed by atoms with E-state index in [1.165, 1.54) is 105 Å². The molecule has 5 aromatic heterocycles. The van der Waals surface area contributed by atoms with Crippen LogP contribution in [0.1, 0.15) is 158 Å². The molecule has 15 aromatic rings. The summed E-state index contributed by atoms with van der Waals surface area (Å²) in [5, 5.41) is 23.4. The van der Waals surface area contributed by atoms with Crippen LogP contribution in [0.3, 0.4) is 0 Å². The minimum atomic E-state index is -0.112. The van der Waals surface area contributed by atoms with Crippen molar-refractivity contribution in [2.45, 2.75) is 152 Å². The van der Waals surface area contributed by atoms with Crippen LogP contribution in [0.2, 0.25) is 0 Å². The normalized spacial score (nSPS) is 12.6. The second-order valence-electron chi connectivity index (χ2n) is 34.0. The number of thiophene rings is 1. The topological polar surface area (TPSA) is 186 Å². The van der Waals surface area contributed by atoms with Crippen LogP contribution >= 0.6 is 11.3 Å². The van der Waals surface area contributed by atoms with Gasteiger partial charge >= 0.3 is 11.6 Å². The van der Waals surface area contributed by atoms with Crippen LogP contribution in [0.15, 0.2) is 254 Å². The number of nitrogens with zero attached hydrogens (tertiary/aromatic N) is 8. The van der Waals surface area contributed by atoms with Crippen LogP contribution in [0, 0.1) is 12.1 Å². The first-order chi connectivity index (χ1) is 54.1. The minimum Gasteiger partial charge on any atom is -0.512 e. The predicted molar refractivity (Wildman–Crippen MR) is 475 cm³/mol. The van der Waals surface area contributed by atoms with E-state index in [1.54, 1.807) is 11.3 Å². The third kappa shape index (κ3) is 19.1. The smallest absolute Gasteiger partial charge is 0.316 e. The number of aromatic nitrogens is 8. The number of fused-ring (bicyclic) bond motifs is 8. The molecule has 12 nitrogen and oxygen atoms in total. The third-order valence-corrected chi connectivity index (χ3v) is 21.7. The second-order valence-corrected chi connectivity index (χ2v) is 35.1. The molecule has 4 N–H and O–H groups in total. The molecule has 16 rings (SSSR count).